The molecule has 3 heterocycles. The first-order chi connectivity index (χ1) is 13.8. The van der Waals surface area contributed by atoms with Crippen LogP contribution >= 0.6 is 11.3 Å². The zero-order valence-corrected chi connectivity index (χ0v) is 16.8. The Morgan fingerprint density at radius 3 is 2.71 bits per heavy atom. The Morgan fingerprint density at radius 2 is 1.93 bits per heavy atom. The molecular weight excluding hydrogens is 374 g/mol. The Labute approximate surface area is 168 Å². The number of thiazole rings is 1. The molecule has 28 heavy (non-hydrogen) atoms. The van der Waals surface area contributed by atoms with E-state index in [1.807, 2.05) is 36.5 Å². The van der Waals surface area contributed by atoms with E-state index in [2.05, 4.69) is 21.2 Å². The summed E-state index contributed by atoms with van der Waals surface area (Å²) >= 11 is 1.61. The predicted molar refractivity (Wildman–Crippen MR) is 111 cm³/mol. The van der Waals surface area contributed by atoms with Gasteiger partial charge in [-0.15, -0.1) is 11.3 Å². The summed E-state index contributed by atoms with van der Waals surface area (Å²) in [5.74, 6) is 1.41. The topological polar surface area (TPSA) is 58.4 Å². The lowest BCUT2D eigenvalue weighted by atomic mass is 10.1. The zero-order valence-electron chi connectivity index (χ0n) is 16.0. The third-order valence-corrected chi connectivity index (χ3v) is 5.65. The fourth-order valence-corrected chi connectivity index (χ4v) is 4.06. The van der Waals surface area contributed by atoms with Crippen LogP contribution in [-0.4, -0.2) is 42.2 Å². The summed E-state index contributed by atoms with van der Waals surface area (Å²) in [5, 5.41) is 7.51. The summed E-state index contributed by atoms with van der Waals surface area (Å²) in [6.45, 7) is 1.60. The van der Waals surface area contributed by atoms with E-state index in [1.54, 1.807) is 25.6 Å². The summed E-state index contributed by atoms with van der Waals surface area (Å²) in [7, 11) is 3.27. The highest BCUT2D eigenvalue weighted by Crippen LogP contribution is 2.33. The first-order valence-electron chi connectivity index (χ1n) is 9.26. The largest absolute Gasteiger partial charge is 0.493 e. The number of aromatic nitrogens is 3. The van der Waals surface area contributed by atoms with Crippen molar-refractivity contribution in [2.24, 2.45) is 0 Å². The molecule has 146 valence electrons. The van der Waals surface area contributed by atoms with Crippen LogP contribution in [0.5, 0.6) is 11.5 Å². The SMILES string of the molecule is COc1ccc(-c2csc(C=Cc3ccnn3C3CCOCC3)n2)cc1OC. The van der Waals surface area contributed by atoms with Crippen molar-refractivity contribution in [3.05, 3.63) is 46.5 Å². The normalized spacial score (nSPS) is 15.2. The van der Waals surface area contributed by atoms with Crippen LogP contribution in [0.3, 0.4) is 0 Å². The molecule has 0 radical (unpaired) electrons. The second-order valence-corrected chi connectivity index (χ2v) is 7.41. The average molecular weight is 398 g/mol. The molecule has 1 saturated heterocycles. The molecule has 2 aromatic heterocycles. The summed E-state index contributed by atoms with van der Waals surface area (Å²) in [6, 6.07) is 8.28. The lowest BCUT2D eigenvalue weighted by Crippen LogP contribution is -2.21. The molecule has 1 fully saturated rings. The van der Waals surface area contributed by atoms with E-state index in [0.717, 1.165) is 48.0 Å². The van der Waals surface area contributed by atoms with E-state index in [9.17, 15) is 0 Å². The first-order valence-corrected chi connectivity index (χ1v) is 10.1. The van der Waals surface area contributed by atoms with Crippen molar-refractivity contribution in [1.82, 2.24) is 14.8 Å². The van der Waals surface area contributed by atoms with Crippen LogP contribution in [0.2, 0.25) is 0 Å². The summed E-state index contributed by atoms with van der Waals surface area (Å²) in [6.07, 6.45) is 7.99. The van der Waals surface area contributed by atoms with E-state index in [4.69, 9.17) is 19.2 Å². The predicted octanol–water partition coefficient (Wildman–Crippen LogP) is 4.55. The van der Waals surface area contributed by atoms with E-state index in [-0.39, 0.29) is 0 Å². The molecule has 1 aliphatic heterocycles. The maximum Gasteiger partial charge on any atom is 0.161 e. The molecule has 0 unspecified atom stereocenters. The molecule has 0 amide bonds. The lowest BCUT2D eigenvalue weighted by molar-refractivity contribution is 0.0661. The molecule has 1 aliphatic rings. The lowest BCUT2D eigenvalue weighted by Gasteiger charge is -2.23. The van der Waals surface area contributed by atoms with Crippen LogP contribution in [0, 0.1) is 0 Å². The number of nitrogens with zero attached hydrogens (tertiary/aromatic N) is 3. The highest BCUT2D eigenvalue weighted by atomic mass is 32.1. The van der Waals surface area contributed by atoms with Crippen molar-refractivity contribution in [2.45, 2.75) is 18.9 Å². The van der Waals surface area contributed by atoms with Crippen molar-refractivity contribution in [2.75, 3.05) is 27.4 Å². The number of benzene rings is 1. The Bertz CT molecular complexity index is 957. The Morgan fingerprint density at radius 1 is 1.11 bits per heavy atom. The van der Waals surface area contributed by atoms with Crippen LogP contribution in [0.25, 0.3) is 23.4 Å². The molecule has 0 spiro atoms. The van der Waals surface area contributed by atoms with Crippen LogP contribution in [0.4, 0.5) is 0 Å². The second kappa shape index (κ2) is 8.58. The summed E-state index contributed by atoms with van der Waals surface area (Å²) < 4.78 is 18.3. The molecule has 0 aliphatic carbocycles. The molecule has 6 nitrogen and oxygen atoms in total. The zero-order chi connectivity index (χ0) is 19.3. The van der Waals surface area contributed by atoms with Gasteiger partial charge >= 0.3 is 0 Å². The van der Waals surface area contributed by atoms with Crippen molar-refractivity contribution in [3.63, 3.8) is 0 Å². The van der Waals surface area contributed by atoms with Gasteiger partial charge in [0, 0.05) is 30.4 Å². The Balaban J connectivity index is 1.52. The van der Waals surface area contributed by atoms with Gasteiger partial charge in [0.15, 0.2) is 11.5 Å². The maximum absolute atomic E-state index is 5.46. The van der Waals surface area contributed by atoms with Crippen LogP contribution in [-0.2, 0) is 4.74 Å². The third kappa shape index (κ3) is 3.95. The summed E-state index contributed by atoms with van der Waals surface area (Å²) in [4.78, 5) is 4.74. The standard InChI is InChI=1S/C21H23N3O3S/c1-25-19-5-3-15(13-20(19)26-2)18-14-28-21(23-18)6-4-16-7-10-22-24(16)17-8-11-27-12-9-17/h3-7,10,13-14,17H,8-9,11-12H2,1-2H3. The summed E-state index contributed by atoms with van der Waals surface area (Å²) in [5.41, 5.74) is 3.01. The smallest absolute Gasteiger partial charge is 0.161 e. The number of ether oxygens (including phenoxy) is 3. The van der Waals surface area contributed by atoms with Crippen molar-refractivity contribution >= 4 is 23.5 Å². The molecule has 7 heteroatoms. The van der Waals surface area contributed by atoms with E-state index in [1.165, 1.54) is 0 Å². The van der Waals surface area contributed by atoms with Crippen molar-refractivity contribution in [3.8, 4) is 22.8 Å². The quantitative estimate of drug-likeness (QED) is 0.611. The van der Waals surface area contributed by atoms with Crippen molar-refractivity contribution < 1.29 is 14.2 Å². The van der Waals surface area contributed by atoms with E-state index >= 15 is 0 Å². The Hall–Kier alpha value is -2.64. The monoisotopic (exact) mass is 397 g/mol. The van der Waals surface area contributed by atoms with Gasteiger partial charge in [-0.3, -0.25) is 4.68 Å². The first kappa shape index (κ1) is 18.7. The fourth-order valence-electron chi connectivity index (χ4n) is 3.34. The fraction of sp³-hybridized carbons (Fsp3) is 0.333. The van der Waals surface area contributed by atoms with Gasteiger partial charge in [-0.1, -0.05) is 0 Å². The highest BCUT2D eigenvalue weighted by Gasteiger charge is 2.17. The maximum atomic E-state index is 5.46. The van der Waals surface area contributed by atoms with Gasteiger partial charge in [0.25, 0.3) is 0 Å². The molecule has 0 bridgehead atoms. The van der Waals surface area contributed by atoms with Crippen molar-refractivity contribution in [1.29, 1.82) is 0 Å². The van der Waals surface area contributed by atoms with Gasteiger partial charge < -0.3 is 14.2 Å². The number of methoxy groups -OCH3 is 2. The van der Waals surface area contributed by atoms with E-state index < -0.39 is 0 Å². The van der Waals surface area contributed by atoms with Gasteiger partial charge in [0.1, 0.15) is 5.01 Å². The van der Waals surface area contributed by atoms with Gasteiger partial charge in [-0.05, 0) is 49.3 Å². The van der Waals surface area contributed by atoms with Crippen LogP contribution in [0.1, 0.15) is 29.6 Å². The third-order valence-electron chi connectivity index (χ3n) is 4.84. The number of hydrogen-bond donors (Lipinski definition) is 0. The second-order valence-electron chi connectivity index (χ2n) is 6.52. The molecule has 4 rings (SSSR count). The molecule has 1 aromatic carbocycles. The minimum Gasteiger partial charge on any atom is -0.493 e. The number of hydrogen-bond acceptors (Lipinski definition) is 6. The molecule has 0 atom stereocenters. The molecule has 3 aromatic rings. The molecule has 0 saturated carbocycles. The Kier molecular flexibility index (Phi) is 5.73. The van der Waals surface area contributed by atoms with Gasteiger partial charge in [-0.2, -0.15) is 5.10 Å². The van der Waals surface area contributed by atoms with E-state index in [0.29, 0.717) is 17.5 Å². The van der Waals surface area contributed by atoms with Gasteiger partial charge in [-0.25, -0.2) is 4.98 Å². The number of rotatable bonds is 6. The van der Waals surface area contributed by atoms with Gasteiger partial charge in [0.05, 0.1) is 31.6 Å². The molecular formula is C21H23N3O3S. The minimum absolute atomic E-state index is 0.405. The minimum atomic E-state index is 0.405. The van der Waals surface area contributed by atoms with Crippen LogP contribution in [0.15, 0.2) is 35.8 Å². The van der Waals surface area contributed by atoms with Crippen LogP contribution < -0.4 is 9.47 Å². The average Bonchev–Trinajstić information content (AvgIpc) is 3.42. The molecule has 0 N–H and O–H groups in total. The van der Waals surface area contributed by atoms with Gasteiger partial charge in [0.2, 0.25) is 0 Å². The highest BCUT2D eigenvalue weighted by molar-refractivity contribution is 7.10.